The summed E-state index contributed by atoms with van der Waals surface area (Å²) >= 11 is 0. The fourth-order valence-electron chi connectivity index (χ4n) is 6.87. The SMILES string of the molecule is CCCCCCCCCCCCOc1ccc(C(=O)Oc2ccc(N=Nc3ccc(OCC)cc3)c(OC(=O)c3ccc(OCCCCCCCCCCCC)cc3)c2)cc1. The van der Waals surface area contributed by atoms with Gasteiger partial charge in [-0.1, -0.05) is 129 Å². The minimum Gasteiger partial charge on any atom is -0.494 e. The van der Waals surface area contributed by atoms with Gasteiger partial charge in [0.1, 0.15) is 28.7 Å². The second kappa shape index (κ2) is 29.9. The van der Waals surface area contributed by atoms with E-state index >= 15 is 0 Å². The molecule has 0 saturated heterocycles. The van der Waals surface area contributed by atoms with Crippen molar-refractivity contribution >= 4 is 23.3 Å². The molecule has 330 valence electrons. The summed E-state index contributed by atoms with van der Waals surface area (Å²) in [4.78, 5) is 26.6. The van der Waals surface area contributed by atoms with Crippen molar-refractivity contribution in [2.75, 3.05) is 19.8 Å². The first-order valence-corrected chi connectivity index (χ1v) is 23.2. The van der Waals surface area contributed by atoms with Crippen molar-refractivity contribution in [3.63, 3.8) is 0 Å². The second-order valence-electron chi connectivity index (χ2n) is 15.6. The van der Waals surface area contributed by atoms with Crippen LogP contribution in [0.15, 0.2) is 101 Å². The Labute approximate surface area is 365 Å². The molecule has 0 atom stereocenters. The summed E-state index contributed by atoms with van der Waals surface area (Å²) < 4.78 is 29.0. The topological polar surface area (TPSA) is 105 Å². The maximum atomic E-state index is 13.4. The molecular weight excluding hydrogens is 765 g/mol. The van der Waals surface area contributed by atoms with Crippen molar-refractivity contribution in [3.8, 4) is 28.7 Å². The van der Waals surface area contributed by atoms with E-state index in [9.17, 15) is 9.59 Å². The lowest BCUT2D eigenvalue weighted by molar-refractivity contribution is 0.0733. The average Bonchev–Trinajstić information content (AvgIpc) is 3.28. The molecular formula is C52H70N2O7. The number of benzene rings is 4. The van der Waals surface area contributed by atoms with E-state index in [-0.39, 0.29) is 17.2 Å². The maximum Gasteiger partial charge on any atom is 0.343 e. The van der Waals surface area contributed by atoms with E-state index in [2.05, 4.69) is 24.1 Å². The van der Waals surface area contributed by atoms with Gasteiger partial charge in [-0.05, 0) is 105 Å². The third-order valence-electron chi connectivity index (χ3n) is 10.5. The summed E-state index contributed by atoms with van der Waals surface area (Å²) in [7, 11) is 0. The van der Waals surface area contributed by atoms with Crippen LogP contribution in [-0.4, -0.2) is 31.8 Å². The molecule has 9 heteroatoms. The van der Waals surface area contributed by atoms with Gasteiger partial charge in [0, 0.05) is 6.07 Å². The van der Waals surface area contributed by atoms with Crippen molar-refractivity contribution < 1.29 is 33.3 Å². The van der Waals surface area contributed by atoms with E-state index < -0.39 is 11.9 Å². The molecule has 0 radical (unpaired) electrons. The van der Waals surface area contributed by atoms with Gasteiger partial charge in [-0.3, -0.25) is 0 Å². The minimum absolute atomic E-state index is 0.0852. The van der Waals surface area contributed by atoms with E-state index in [0.29, 0.717) is 48.1 Å². The highest BCUT2D eigenvalue weighted by atomic mass is 16.5. The molecule has 0 aliphatic heterocycles. The summed E-state index contributed by atoms with van der Waals surface area (Å²) in [6, 6.07) is 25.6. The lowest BCUT2D eigenvalue weighted by atomic mass is 10.1. The smallest absolute Gasteiger partial charge is 0.343 e. The molecule has 0 amide bonds. The molecule has 0 unspecified atom stereocenters. The fourth-order valence-corrected chi connectivity index (χ4v) is 6.87. The Balaban J connectivity index is 1.30. The van der Waals surface area contributed by atoms with Crippen LogP contribution in [0.4, 0.5) is 11.4 Å². The Morgan fingerprint density at radius 2 is 0.803 bits per heavy atom. The van der Waals surface area contributed by atoms with Crippen LogP contribution >= 0.6 is 0 Å². The van der Waals surface area contributed by atoms with Gasteiger partial charge < -0.3 is 23.7 Å². The average molecular weight is 835 g/mol. The molecule has 4 aromatic rings. The second-order valence-corrected chi connectivity index (χ2v) is 15.6. The largest absolute Gasteiger partial charge is 0.494 e. The van der Waals surface area contributed by atoms with Crippen LogP contribution < -0.4 is 23.7 Å². The van der Waals surface area contributed by atoms with Gasteiger partial charge >= 0.3 is 11.9 Å². The highest BCUT2D eigenvalue weighted by molar-refractivity contribution is 5.93. The Hall–Kier alpha value is -5.18. The molecule has 0 heterocycles. The van der Waals surface area contributed by atoms with Crippen LogP contribution in [0.3, 0.4) is 0 Å². The zero-order valence-electron chi connectivity index (χ0n) is 37.2. The maximum absolute atomic E-state index is 13.4. The number of nitrogens with zero attached hydrogens (tertiary/aromatic N) is 2. The van der Waals surface area contributed by atoms with Crippen LogP contribution in [0, 0.1) is 0 Å². The number of carbonyl (C=O) groups excluding carboxylic acids is 2. The number of carbonyl (C=O) groups is 2. The molecule has 0 saturated carbocycles. The number of azo groups is 1. The van der Waals surface area contributed by atoms with Crippen molar-refractivity contribution in [1.29, 1.82) is 0 Å². The number of esters is 2. The van der Waals surface area contributed by atoms with Gasteiger partial charge in [-0.2, -0.15) is 5.11 Å². The quantitative estimate of drug-likeness (QED) is 0.0209. The molecule has 0 aliphatic rings. The molecule has 4 aromatic carbocycles. The lowest BCUT2D eigenvalue weighted by Gasteiger charge is -2.11. The number of hydrogen-bond donors (Lipinski definition) is 0. The fraction of sp³-hybridized carbons (Fsp3) is 0.500. The van der Waals surface area contributed by atoms with Gasteiger partial charge in [-0.15, -0.1) is 5.11 Å². The third kappa shape index (κ3) is 19.8. The summed E-state index contributed by atoms with van der Waals surface area (Å²) in [5.74, 6) is 1.24. The number of ether oxygens (including phenoxy) is 5. The predicted octanol–water partition coefficient (Wildman–Crippen LogP) is 15.5. The van der Waals surface area contributed by atoms with E-state index in [1.54, 1.807) is 72.8 Å². The van der Waals surface area contributed by atoms with E-state index in [0.717, 1.165) is 31.4 Å². The zero-order valence-corrected chi connectivity index (χ0v) is 37.2. The van der Waals surface area contributed by atoms with Crippen LogP contribution in [-0.2, 0) is 0 Å². The summed E-state index contributed by atoms with van der Waals surface area (Å²) in [5, 5.41) is 8.72. The summed E-state index contributed by atoms with van der Waals surface area (Å²) in [6.07, 6.45) is 25.3. The highest BCUT2D eigenvalue weighted by Crippen LogP contribution is 2.35. The van der Waals surface area contributed by atoms with E-state index in [1.165, 1.54) is 109 Å². The highest BCUT2D eigenvalue weighted by Gasteiger charge is 2.16. The third-order valence-corrected chi connectivity index (χ3v) is 10.5. The normalized spacial score (nSPS) is 11.1. The van der Waals surface area contributed by atoms with Crippen molar-refractivity contribution in [2.24, 2.45) is 10.2 Å². The molecule has 0 spiro atoms. The molecule has 61 heavy (non-hydrogen) atoms. The zero-order chi connectivity index (χ0) is 43.2. The Morgan fingerprint density at radius 1 is 0.410 bits per heavy atom. The predicted molar refractivity (Wildman–Crippen MR) is 246 cm³/mol. The van der Waals surface area contributed by atoms with Gasteiger partial charge in [0.2, 0.25) is 0 Å². The van der Waals surface area contributed by atoms with Crippen molar-refractivity contribution in [2.45, 2.75) is 149 Å². The molecule has 4 rings (SSSR count). The van der Waals surface area contributed by atoms with Crippen LogP contribution in [0.2, 0.25) is 0 Å². The first kappa shape index (κ1) is 48.5. The summed E-state index contributed by atoms with van der Waals surface area (Å²) in [5.41, 5.74) is 1.56. The van der Waals surface area contributed by atoms with E-state index in [1.807, 2.05) is 19.1 Å². The Kier molecular flexibility index (Phi) is 23.8. The van der Waals surface area contributed by atoms with E-state index in [4.69, 9.17) is 23.7 Å². The van der Waals surface area contributed by atoms with Crippen LogP contribution in [0.1, 0.15) is 170 Å². The molecule has 9 nitrogen and oxygen atoms in total. The van der Waals surface area contributed by atoms with Crippen LogP contribution in [0.5, 0.6) is 28.7 Å². The molecule has 0 N–H and O–H groups in total. The van der Waals surface area contributed by atoms with Crippen LogP contribution in [0.25, 0.3) is 0 Å². The van der Waals surface area contributed by atoms with Crippen molar-refractivity contribution in [1.82, 2.24) is 0 Å². The Morgan fingerprint density at radius 3 is 1.26 bits per heavy atom. The monoisotopic (exact) mass is 835 g/mol. The standard InChI is InChI=1S/C52H70N2O7/c1-4-7-9-11-13-15-17-19-21-23-39-58-46-31-25-42(26-32-46)51(55)60-48-37-38-49(54-53-44-29-35-45(36-30-44)57-6-3)50(41-48)61-52(56)43-27-33-47(34-28-43)59-40-24-22-20-18-16-14-12-10-8-5-2/h25-38,41H,4-24,39-40H2,1-3H3. The van der Waals surface area contributed by atoms with Gasteiger partial charge in [0.25, 0.3) is 0 Å². The summed E-state index contributed by atoms with van der Waals surface area (Å²) in [6.45, 7) is 8.25. The van der Waals surface area contributed by atoms with Gasteiger partial charge in [0.15, 0.2) is 5.75 Å². The Bertz CT molecular complexity index is 1820. The lowest BCUT2D eigenvalue weighted by Crippen LogP contribution is -2.10. The molecule has 0 bridgehead atoms. The number of hydrogen-bond acceptors (Lipinski definition) is 9. The molecule has 0 fully saturated rings. The van der Waals surface area contributed by atoms with Crippen molar-refractivity contribution in [3.05, 3.63) is 102 Å². The number of rotatable bonds is 32. The molecule has 0 aliphatic carbocycles. The first-order valence-electron chi connectivity index (χ1n) is 23.2. The minimum atomic E-state index is -0.601. The van der Waals surface area contributed by atoms with Gasteiger partial charge in [-0.25, -0.2) is 9.59 Å². The van der Waals surface area contributed by atoms with Gasteiger partial charge in [0.05, 0.1) is 36.6 Å². The number of unbranched alkanes of at least 4 members (excludes halogenated alkanes) is 18. The molecule has 0 aromatic heterocycles. The first-order chi connectivity index (χ1) is 30.0.